The lowest BCUT2D eigenvalue weighted by Gasteiger charge is -2.15. The van der Waals surface area contributed by atoms with Crippen LogP contribution in [0.25, 0.3) is 0 Å². The number of rotatable bonds is 4. The zero-order valence-corrected chi connectivity index (χ0v) is 10.6. The second kappa shape index (κ2) is 6.50. The van der Waals surface area contributed by atoms with Crippen molar-refractivity contribution in [2.24, 2.45) is 11.7 Å². The zero-order valence-electron chi connectivity index (χ0n) is 9.80. The molecule has 0 aliphatic carbocycles. The largest absolute Gasteiger partial charge is 0.320 e. The highest BCUT2D eigenvalue weighted by molar-refractivity contribution is 5.94. The number of aryl methyl sites for hydroxylation is 1. The first-order valence-corrected chi connectivity index (χ1v) is 5.14. The van der Waals surface area contributed by atoms with E-state index >= 15 is 0 Å². The molecule has 0 saturated heterocycles. The van der Waals surface area contributed by atoms with Crippen LogP contribution in [0.4, 0.5) is 5.82 Å². The molecule has 0 aromatic carbocycles. The lowest BCUT2D eigenvalue weighted by Crippen LogP contribution is -2.40. The van der Waals surface area contributed by atoms with Gasteiger partial charge in [-0.2, -0.15) is 5.10 Å². The molecule has 92 valence electrons. The molecule has 16 heavy (non-hydrogen) atoms. The Hall–Kier alpha value is -1.07. The van der Waals surface area contributed by atoms with Crippen LogP contribution in [0.2, 0.25) is 0 Å². The standard InChI is InChI=1S/C10H18N4O.ClH/c1-4-14-8(5-6-12-14)13-10(15)9(11)7(2)3;/h5-7,9H,4,11H2,1-3H3,(H,13,15);1H/t9-;/m1./s1. The van der Waals surface area contributed by atoms with Crippen molar-refractivity contribution in [3.63, 3.8) is 0 Å². The SMILES string of the molecule is CCn1nccc1NC(=O)[C@H](N)C(C)C.Cl. The number of nitrogens with two attached hydrogens (primary N) is 1. The number of hydrogen-bond acceptors (Lipinski definition) is 3. The molecule has 5 nitrogen and oxygen atoms in total. The highest BCUT2D eigenvalue weighted by Gasteiger charge is 2.18. The van der Waals surface area contributed by atoms with Crippen LogP contribution in [0.3, 0.4) is 0 Å². The van der Waals surface area contributed by atoms with Gasteiger partial charge in [0.25, 0.3) is 0 Å². The van der Waals surface area contributed by atoms with E-state index in [0.29, 0.717) is 5.82 Å². The summed E-state index contributed by atoms with van der Waals surface area (Å²) in [6.45, 7) is 6.52. The average molecular weight is 247 g/mol. The van der Waals surface area contributed by atoms with Crippen LogP contribution in [0.5, 0.6) is 0 Å². The third-order valence-corrected chi connectivity index (χ3v) is 2.29. The minimum Gasteiger partial charge on any atom is -0.320 e. The monoisotopic (exact) mass is 246 g/mol. The van der Waals surface area contributed by atoms with Crippen molar-refractivity contribution in [3.8, 4) is 0 Å². The van der Waals surface area contributed by atoms with E-state index in [0.717, 1.165) is 6.54 Å². The van der Waals surface area contributed by atoms with Crippen LogP contribution in [-0.4, -0.2) is 21.7 Å². The van der Waals surface area contributed by atoms with Gasteiger partial charge in [-0.3, -0.25) is 4.79 Å². The Morgan fingerprint density at radius 2 is 2.25 bits per heavy atom. The minimum absolute atomic E-state index is 0. The van der Waals surface area contributed by atoms with Gasteiger partial charge in [0, 0.05) is 12.6 Å². The van der Waals surface area contributed by atoms with E-state index in [1.807, 2.05) is 20.8 Å². The summed E-state index contributed by atoms with van der Waals surface area (Å²) in [5, 5.41) is 6.81. The molecule has 1 aromatic heterocycles. The minimum atomic E-state index is -0.481. The molecule has 0 aliphatic rings. The van der Waals surface area contributed by atoms with Gasteiger partial charge in [0.1, 0.15) is 5.82 Å². The first-order chi connectivity index (χ1) is 7.06. The van der Waals surface area contributed by atoms with Crippen LogP contribution in [0.15, 0.2) is 12.3 Å². The molecule has 0 aliphatic heterocycles. The normalized spacial score (nSPS) is 12.1. The molecule has 3 N–H and O–H groups in total. The molecule has 1 heterocycles. The molecule has 1 aromatic rings. The maximum absolute atomic E-state index is 11.6. The lowest BCUT2D eigenvalue weighted by molar-refractivity contribution is -0.118. The van der Waals surface area contributed by atoms with Gasteiger partial charge in [0.2, 0.25) is 5.91 Å². The van der Waals surface area contributed by atoms with Crippen LogP contribution in [0.1, 0.15) is 20.8 Å². The molecule has 6 heteroatoms. The fourth-order valence-corrected chi connectivity index (χ4v) is 1.20. The topological polar surface area (TPSA) is 72.9 Å². The quantitative estimate of drug-likeness (QED) is 0.840. The zero-order chi connectivity index (χ0) is 11.4. The number of aromatic nitrogens is 2. The molecule has 1 atom stereocenters. The molecule has 0 bridgehead atoms. The van der Waals surface area contributed by atoms with E-state index < -0.39 is 6.04 Å². The third-order valence-electron chi connectivity index (χ3n) is 2.29. The number of anilines is 1. The van der Waals surface area contributed by atoms with Crippen LogP contribution < -0.4 is 11.1 Å². The molecule has 1 amide bonds. The van der Waals surface area contributed by atoms with Crippen molar-refractivity contribution in [3.05, 3.63) is 12.3 Å². The Bertz CT molecular complexity index is 337. The van der Waals surface area contributed by atoms with E-state index in [-0.39, 0.29) is 24.2 Å². The van der Waals surface area contributed by atoms with Crippen LogP contribution >= 0.6 is 12.4 Å². The molecule has 0 spiro atoms. The Kier molecular flexibility index (Phi) is 6.06. The number of halogens is 1. The van der Waals surface area contributed by atoms with Gasteiger partial charge in [0.15, 0.2) is 0 Å². The summed E-state index contributed by atoms with van der Waals surface area (Å²) in [6, 6.07) is 1.28. The van der Waals surface area contributed by atoms with Crippen molar-refractivity contribution >= 4 is 24.1 Å². The first kappa shape index (κ1) is 14.9. The third kappa shape index (κ3) is 3.50. The summed E-state index contributed by atoms with van der Waals surface area (Å²) in [4.78, 5) is 11.6. The number of hydrogen-bond donors (Lipinski definition) is 2. The Morgan fingerprint density at radius 3 is 2.75 bits per heavy atom. The van der Waals surface area contributed by atoms with E-state index in [2.05, 4.69) is 10.4 Å². The predicted molar refractivity (Wildman–Crippen MR) is 66.6 cm³/mol. The average Bonchev–Trinajstić information content (AvgIpc) is 2.63. The van der Waals surface area contributed by atoms with Crippen LogP contribution in [0, 0.1) is 5.92 Å². The van der Waals surface area contributed by atoms with Crippen molar-refractivity contribution in [2.45, 2.75) is 33.4 Å². The second-order valence-electron chi connectivity index (χ2n) is 3.79. The second-order valence-corrected chi connectivity index (χ2v) is 3.79. The van der Waals surface area contributed by atoms with Crippen molar-refractivity contribution < 1.29 is 4.79 Å². The summed E-state index contributed by atoms with van der Waals surface area (Å²) >= 11 is 0. The molecule has 0 saturated carbocycles. The predicted octanol–water partition coefficient (Wildman–Crippen LogP) is 1.25. The fourth-order valence-electron chi connectivity index (χ4n) is 1.20. The Balaban J connectivity index is 0.00000225. The summed E-state index contributed by atoms with van der Waals surface area (Å²) < 4.78 is 1.71. The summed E-state index contributed by atoms with van der Waals surface area (Å²) in [5.74, 6) is 0.654. The Labute approximate surface area is 102 Å². The highest BCUT2D eigenvalue weighted by Crippen LogP contribution is 2.08. The molecule has 0 radical (unpaired) electrons. The van der Waals surface area contributed by atoms with Gasteiger partial charge in [-0.1, -0.05) is 13.8 Å². The van der Waals surface area contributed by atoms with E-state index in [1.165, 1.54) is 0 Å². The highest BCUT2D eigenvalue weighted by atomic mass is 35.5. The van der Waals surface area contributed by atoms with Gasteiger partial charge >= 0.3 is 0 Å². The summed E-state index contributed by atoms with van der Waals surface area (Å²) in [5.41, 5.74) is 5.73. The van der Waals surface area contributed by atoms with E-state index in [4.69, 9.17) is 5.73 Å². The number of nitrogens with zero attached hydrogens (tertiary/aromatic N) is 2. The Morgan fingerprint density at radius 1 is 1.62 bits per heavy atom. The number of carbonyl (C=O) groups excluding carboxylic acids is 1. The summed E-state index contributed by atoms with van der Waals surface area (Å²) in [6.07, 6.45) is 1.65. The fraction of sp³-hybridized carbons (Fsp3) is 0.600. The summed E-state index contributed by atoms with van der Waals surface area (Å²) in [7, 11) is 0. The van der Waals surface area contributed by atoms with E-state index in [9.17, 15) is 4.79 Å². The van der Waals surface area contributed by atoms with Crippen molar-refractivity contribution in [1.82, 2.24) is 9.78 Å². The van der Waals surface area contributed by atoms with Gasteiger partial charge < -0.3 is 11.1 Å². The lowest BCUT2D eigenvalue weighted by atomic mass is 10.1. The van der Waals surface area contributed by atoms with Gasteiger partial charge in [-0.15, -0.1) is 12.4 Å². The van der Waals surface area contributed by atoms with Gasteiger partial charge in [-0.05, 0) is 12.8 Å². The van der Waals surface area contributed by atoms with Gasteiger partial charge in [0.05, 0.1) is 12.2 Å². The molecule has 0 fully saturated rings. The molecular formula is C10H19ClN4O. The van der Waals surface area contributed by atoms with Gasteiger partial charge in [-0.25, -0.2) is 4.68 Å². The maximum atomic E-state index is 11.6. The number of nitrogens with one attached hydrogen (secondary N) is 1. The molecule has 1 rings (SSSR count). The van der Waals surface area contributed by atoms with E-state index in [1.54, 1.807) is 16.9 Å². The number of amides is 1. The first-order valence-electron chi connectivity index (χ1n) is 5.14. The van der Waals surface area contributed by atoms with Crippen molar-refractivity contribution in [1.29, 1.82) is 0 Å². The van der Waals surface area contributed by atoms with Crippen LogP contribution in [-0.2, 0) is 11.3 Å². The molecular weight excluding hydrogens is 228 g/mol. The molecule has 0 unspecified atom stereocenters. The smallest absolute Gasteiger partial charge is 0.242 e. The maximum Gasteiger partial charge on any atom is 0.242 e. The number of carbonyl (C=O) groups is 1. The van der Waals surface area contributed by atoms with Crippen molar-refractivity contribution in [2.75, 3.05) is 5.32 Å².